The maximum absolute atomic E-state index is 12.3. The monoisotopic (exact) mass is 305 g/mol. The number of pyridine rings is 1. The van der Waals surface area contributed by atoms with E-state index in [1.165, 1.54) is 0 Å². The largest absolute Gasteiger partial charge is 0.324 e. The highest BCUT2D eigenvalue weighted by molar-refractivity contribution is 7.89. The Morgan fingerprint density at radius 1 is 1.29 bits per heavy atom. The molecule has 0 fully saturated rings. The van der Waals surface area contributed by atoms with Crippen LogP contribution < -0.4 is 10.5 Å². The van der Waals surface area contributed by atoms with Gasteiger partial charge in [0.2, 0.25) is 10.0 Å². The molecule has 1 atom stereocenters. The van der Waals surface area contributed by atoms with Crippen LogP contribution in [-0.2, 0) is 16.6 Å². The van der Waals surface area contributed by atoms with E-state index < -0.39 is 10.0 Å². The van der Waals surface area contributed by atoms with E-state index in [1.54, 1.807) is 24.4 Å². The van der Waals surface area contributed by atoms with Gasteiger partial charge in [-0.2, -0.15) is 0 Å². The number of nitrogens with zero attached hydrogens (tertiary/aromatic N) is 1. The van der Waals surface area contributed by atoms with E-state index in [0.717, 1.165) is 11.1 Å². The minimum atomic E-state index is -3.58. The lowest BCUT2D eigenvalue weighted by Gasteiger charge is -2.10. The fraction of sp³-hybridized carbons (Fsp3) is 0.267. The van der Waals surface area contributed by atoms with Crippen molar-refractivity contribution in [3.63, 3.8) is 0 Å². The molecule has 1 aromatic carbocycles. The molecule has 0 radical (unpaired) electrons. The van der Waals surface area contributed by atoms with Crippen molar-refractivity contribution in [1.29, 1.82) is 0 Å². The summed E-state index contributed by atoms with van der Waals surface area (Å²) in [6.07, 6.45) is 1.65. The lowest BCUT2D eigenvalue weighted by molar-refractivity contribution is 0.580. The van der Waals surface area contributed by atoms with E-state index in [-0.39, 0.29) is 17.5 Å². The van der Waals surface area contributed by atoms with Crippen LogP contribution in [0.1, 0.15) is 29.8 Å². The number of hydrogen-bond acceptors (Lipinski definition) is 4. The molecule has 1 heterocycles. The average molecular weight is 305 g/mol. The normalized spacial score (nSPS) is 13.1. The van der Waals surface area contributed by atoms with Crippen molar-refractivity contribution >= 4 is 10.0 Å². The van der Waals surface area contributed by atoms with Crippen molar-refractivity contribution in [1.82, 2.24) is 9.71 Å². The van der Waals surface area contributed by atoms with Crippen molar-refractivity contribution in [2.24, 2.45) is 5.73 Å². The van der Waals surface area contributed by atoms with Gasteiger partial charge in [0.1, 0.15) is 0 Å². The summed E-state index contributed by atoms with van der Waals surface area (Å²) in [6, 6.07) is 10.2. The van der Waals surface area contributed by atoms with Crippen molar-refractivity contribution in [2.45, 2.75) is 31.3 Å². The number of rotatable bonds is 5. The van der Waals surface area contributed by atoms with Gasteiger partial charge in [-0.1, -0.05) is 18.2 Å². The number of hydrogen-bond donors (Lipinski definition) is 2. The third-order valence-corrected chi connectivity index (χ3v) is 4.64. The second-order valence-electron chi connectivity index (χ2n) is 4.95. The lowest BCUT2D eigenvalue weighted by atomic mass is 10.1. The molecule has 0 amide bonds. The SMILES string of the molecule is Cc1cccnc1CNS(=O)(=O)c1cccc(C(C)N)c1. The maximum Gasteiger partial charge on any atom is 0.240 e. The third kappa shape index (κ3) is 3.87. The Kier molecular flexibility index (Phi) is 4.72. The van der Waals surface area contributed by atoms with Gasteiger partial charge in [-0.05, 0) is 43.2 Å². The second-order valence-corrected chi connectivity index (χ2v) is 6.72. The summed E-state index contributed by atoms with van der Waals surface area (Å²) in [5, 5.41) is 0. The Labute approximate surface area is 125 Å². The summed E-state index contributed by atoms with van der Waals surface area (Å²) < 4.78 is 27.2. The van der Waals surface area contributed by atoms with E-state index >= 15 is 0 Å². The first-order valence-electron chi connectivity index (χ1n) is 6.66. The summed E-state index contributed by atoms with van der Waals surface area (Å²) in [5.41, 5.74) is 8.23. The van der Waals surface area contributed by atoms with Gasteiger partial charge in [0.05, 0.1) is 17.1 Å². The first-order valence-corrected chi connectivity index (χ1v) is 8.14. The van der Waals surface area contributed by atoms with Crippen LogP contribution in [0, 0.1) is 6.92 Å². The van der Waals surface area contributed by atoms with Crippen molar-refractivity contribution < 1.29 is 8.42 Å². The Hall–Kier alpha value is -1.76. The minimum absolute atomic E-state index is 0.164. The molecule has 1 unspecified atom stereocenters. The maximum atomic E-state index is 12.3. The smallest absolute Gasteiger partial charge is 0.240 e. The molecule has 2 aromatic rings. The van der Waals surface area contributed by atoms with E-state index in [4.69, 9.17) is 5.73 Å². The average Bonchev–Trinajstić information content (AvgIpc) is 2.46. The number of sulfonamides is 1. The van der Waals surface area contributed by atoms with E-state index in [2.05, 4.69) is 9.71 Å². The van der Waals surface area contributed by atoms with Crippen LogP contribution in [0.15, 0.2) is 47.5 Å². The third-order valence-electron chi connectivity index (χ3n) is 3.24. The van der Waals surface area contributed by atoms with Crippen LogP contribution in [0.4, 0.5) is 0 Å². The van der Waals surface area contributed by atoms with Gasteiger partial charge < -0.3 is 5.73 Å². The van der Waals surface area contributed by atoms with Crippen LogP contribution in [0.5, 0.6) is 0 Å². The molecule has 5 nitrogen and oxygen atoms in total. The summed E-state index contributed by atoms with van der Waals surface area (Å²) in [4.78, 5) is 4.39. The van der Waals surface area contributed by atoms with Gasteiger partial charge in [0.25, 0.3) is 0 Å². The molecule has 0 aliphatic carbocycles. The molecule has 6 heteroatoms. The lowest BCUT2D eigenvalue weighted by Crippen LogP contribution is -2.24. The molecule has 0 saturated heterocycles. The Morgan fingerprint density at radius 3 is 2.71 bits per heavy atom. The van der Waals surface area contributed by atoms with Gasteiger partial charge >= 0.3 is 0 Å². The number of nitrogens with two attached hydrogens (primary N) is 1. The molecule has 21 heavy (non-hydrogen) atoms. The second kappa shape index (κ2) is 6.34. The van der Waals surface area contributed by atoms with Crippen molar-refractivity contribution in [3.05, 3.63) is 59.4 Å². The highest BCUT2D eigenvalue weighted by Crippen LogP contribution is 2.16. The summed E-state index contributed by atoms with van der Waals surface area (Å²) in [7, 11) is -3.58. The molecular formula is C15H19N3O2S. The quantitative estimate of drug-likeness (QED) is 0.883. The van der Waals surface area contributed by atoms with Crippen LogP contribution in [0.2, 0.25) is 0 Å². The van der Waals surface area contributed by atoms with E-state index in [1.807, 2.05) is 32.0 Å². The van der Waals surface area contributed by atoms with Crippen molar-refractivity contribution in [2.75, 3.05) is 0 Å². The van der Waals surface area contributed by atoms with Gasteiger partial charge in [0, 0.05) is 12.2 Å². The van der Waals surface area contributed by atoms with E-state index in [0.29, 0.717) is 5.69 Å². The van der Waals surface area contributed by atoms with Crippen molar-refractivity contribution in [3.8, 4) is 0 Å². The zero-order valence-corrected chi connectivity index (χ0v) is 12.9. The van der Waals surface area contributed by atoms with Gasteiger partial charge in [0.15, 0.2) is 0 Å². The van der Waals surface area contributed by atoms with E-state index in [9.17, 15) is 8.42 Å². The molecule has 112 valence electrons. The van der Waals surface area contributed by atoms with Crippen LogP contribution in [0.3, 0.4) is 0 Å². The first-order chi connectivity index (χ1) is 9.90. The fourth-order valence-corrected chi connectivity index (χ4v) is 2.96. The molecule has 1 aromatic heterocycles. The van der Waals surface area contributed by atoms with Crippen LogP contribution in [0.25, 0.3) is 0 Å². The molecule has 3 N–H and O–H groups in total. The highest BCUT2D eigenvalue weighted by Gasteiger charge is 2.15. The Morgan fingerprint density at radius 2 is 2.05 bits per heavy atom. The van der Waals surface area contributed by atoms with Crippen LogP contribution in [-0.4, -0.2) is 13.4 Å². The summed E-state index contributed by atoms with van der Waals surface area (Å²) in [5.74, 6) is 0. The zero-order chi connectivity index (χ0) is 15.5. The predicted octanol–water partition coefficient (Wildman–Crippen LogP) is 1.89. The Balaban J connectivity index is 2.19. The zero-order valence-electron chi connectivity index (χ0n) is 12.1. The molecular weight excluding hydrogens is 286 g/mol. The molecule has 0 spiro atoms. The molecule has 0 bridgehead atoms. The number of aryl methyl sites for hydroxylation is 1. The van der Waals surface area contributed by atoms with Crippen LogP contribution >= 0.6 is 0 Å². The topological polar surface area (TPSA) is 85.1 Å². The predicted molar refractivity (Wildman–Crippen MR) is 82.0 cm³/mol. The highest BCUT2D eigenvalue weighted by atomic mass is 32.2. The molecule has 2 rings (SSSR count). The molecule has 0 aliphatic heterocycles. The minimum Gasteiger partial charge on any atom is -0.324 e. The summed E-state index contributed by atoms with van der Waals surface area (Å²) in [6.45, 7) is 3.88. The van der Waals surface area contributed by atoms with Gasteiger partial charge in [-0.25, -0.2) is 13.1 Å². The molecule has 0 saturated carbocycles. The fourth-order valence-electron chi connectivity index (χ4n) is 1.92. The first kappa shape index (κ1) is 15.6. The number of benzene rings is 1. The standard InChI is InChI=1S/C15H19N3O2S/c1-11-5-4-8-17-15(11)10-18-21(19,20)14-7-3-6-13(9-14)12(2)16/h3-9,12,18H,10,16H2,1-2H3. The summed E-state index contributed by atoms with van der Waals surface area (Å²) >= 11 is 0. The Bertz CT molecular complexity index is 727. The van der Waals surface area contributed by atoms with Gasteiger partial charge in [-0.3, -0.25) is 4.98 Å². The molecule has 0 aliphatic rings. The van der Waals surface area contributed by atoms with Gasteiger partial charge in [-0.15, -0.1) is 0 Å². The number of aromatic nitrogens is 1. The number of nitrogens with one attached hydrogen (secondary N) is 1.